The van der Waals surface area contributed by atoms with Gasteiger partial charge in [0.2, 0.25) is 11.8 Å². The molecule has 2 amide bonds. The van der Waals surface area contributed by atoms with Crippen LogP contribution in [0.5, 0.6) is 0 Å². The first-order valence-electron chi connectivity index (χ1n) is 13.5. The van der Waals surface area contributed by atoms with Crippen molar-refractivity contribution in [2.45, 2.75) is 84.0 Å². The van der Waals surface area contributed by atoms with Crippen molar-refractivity contribution < 1.29 is 14.5 Å². The van der Waals surface area contributed by atoms with Crippen LogP contribution in [0, 0.1) is 21.4 Å². The summed E-state index contributed by atoms with van der Waals surface area (Å²) in [7, 11) is 0. The van der Waals surface area contributed by atoms with E-state index in [0.717, 1.165) is 37.0 Å². The molecular weight excluding hydrogens is 466 g/mol. The van der Waals surface area contributed by atoms with Crippen LogP contribution in [0.25, 0.3) is 0 Å². The van der Waals surface area contributed by atoms with Gasteiger partial charge in [0.25, 0.3) is 5.69 Å². The predicted molar refractivity (Wildman–Crippen MR) is 145 cm³/mol. The molecule has 0 radical (unpaired) electrons. The Balaban J connectivity index is 1.40. The first-order valence-corrected chi connectivity index (χ1v) is 13.5. The van der Waals surface area contributed by atoms with Gasteiger partial charge in [0.1, 0.15) is 5.69 Å². The summed E-state index contributed by atoms with van der Waals surface area (Å²) in [6.45, 7) is 9.87. The molecule has 0 spiro atoms. The molecule has 3 aliphatic rings. The zero-order valence-corrected chi connectivity index (χ0v) is 22.3. The maximum Gasteiger partial charge on any atom is 0.294 e. The van der Waals surface area contributed by atoms with Crippen molar-refractivity contribution in [1.29, 1.82) is 0 Å². The molecule has 1 saturated carbocycles. The minimum atomic E-state index is -0.437. The highest BCUT2D eigenvalue weighted by atomic mass is 16.6. The first kappa shape index (κ1) is 25.4. The van der Waals surface area contributed by atoms with Crippen LogP contribution in [0.2, 0.25) is 0 Å². The lowest BCUT2D eigenvalue weighted by atomic mass is 9.49. The Bertz CT molecular complexity index is 1260. The summed E-state index contributed by atoms with van der Waals surface area (Å²) >= 11 is 0. The van der Waals surface area contributed by atoms with Crippen molar-refractivity contribution in [2.24, 2.45) is 11.3 Å². The minimum absolute atomic E-state index is 0.0190. The second-order valence-electron chi connectivity index (χ2n) is 12.0. The van der Waals surface area contributed by atoms with Gasteiger partial charge < -0.3 is 5.32 Å². The van der Waals surface area contributed by atoms with Gasteiger partial charge in [0.05, 0.1) is 10.6 Å². The van der Waals surface area contributed by atoms with Gasteiger partial charge in [-0.2, -0.15) is 0 Å². The van der Waals surface area contributed by atoms with Gasteiger partial charge in [-0.1, -0.05) is 52.3 Å². The highest BCUT2D eigenvalue weighted by Crippen LogP contribution is 2.57. The number of carbonyl (C=O) groups is 2. The van der Waals surface area contributed by atoms with Gasteiger partial charge >= 0.3 is 0 Å². The van der Waals surface area contributed by atoms with Crippen molar-refractivity contribution in [3.8, 4) is 0 Å². The topological polar surface area (TPSA) is 92.6 Å². The van der Waals surface area contributed by atoms with Crippen LogP contribution in [0.3, 0.4) is 0 Å². The molecule has 196 valence electrons. The molecule has 0 aromatic heterocycles. The number of hydrogen-bond donors (Lipinski definition) is 1. The molecule has 1 heterocycles. The van der Waals surface area contributed by atoms with E-state index >= 15 is 0 Å². The third kappa shape index (κ3) is 4.32. The number of nitrogens with zero attached hydrogens (tertiary/aromatic N) is 2. The van der Waals surface area contributed by atoms with Gasteiger partial charge in [0.15, 0.2) is 0 Å². The van der Waals surface area contributed by atoms with Crippen LogP contribution in [0.1, 0.15) is 88.8 Å². The lowest BCUT2D eigenvalue weighted by molar-refractivity contribution is -0.383. The molecule has 0 bridgehead atoms. The quantitative estimate of drug-likeness (QED) is 0.276. The van der Waals surface area contributed by atoms with Crippen LogP contribution >= 0.6 is 0 Å². The summed E-state index contributed by atoms with van der Waals surface area (Å²) in [5, 5.41) is 15.4. The first-order chi connectivity index (χ1) is 17.5. The zero-order valence-electron chi connectivity index (χ0n) is 22.3. The molecule has 2 aliphatic carbocycles. The van der Waals surface area contributed by atoms with E-state index in [0.29, 0.717) is 24.1 Å². The fourth-order valence-corrected chi connectivity index (χ4v) is 7.34. The Labute approximate surface area is 218 Å². The molecule has 0 unspecified atom stereocenters. The van der Waals surface area contributed by atoms with Crippen LogP contribution in [0.15, 0.2) is 36.4 Å². The number of rotatable bonds is 6. The smallest absolute Gasteiger partial charge is 0.294 e. The summed E-state index contributed by atoms with van der Waals surface area (Å²) in [5.74, 6) is 0.358. The fourth-order valence-electron chi connectivity index (χ4n) is 7.34. The maximum atomic E-state index is 12.1. The number of amides is 2. The molecular formula is C30H37N3O4. The van der Waals surface area contributed by atoms with Crippen molar-refractivity contribution in [3.63, 3.8) is 0 Å². The third-order valence-corrected chi connectivity index (χ3v) is 9.34. The van der Waals surface area contributed by atoms with E-state index in [9.17, 15) is 19.7 Å². The average molecular weight is 504 g/mol. The second-order valence-corrected chi connectivity index (χ2v) is 12.0. The zero-order chi connectivity index (χ0) is 26.5. The molecule has 1 aliphatic heterocycles. The third-order valence-electron chi connectivity index (χ3n) is 9.34. The Kier molecular flexibility index (Phi) is 6.37. The van der Waals surface area contributed by atoms with Crippen LogP contribution < -0.4 is 10.2 Å². The van der Waals surface area contributed by atoms with Crippen molar-refractivity contribution in [1.82, 2.24) is 0 Å². The SMILES string of the molecule is CC(C)c1ccc2c(c1)CC[C@@H]1[C@](C)(CNc3ccc(N4C(=O)CCC4=O)cc3[N+](=O)[O-])CCC[C@]21C. The number of anilines is 2. The number of imide groups is 1. The lowest BCUT2D eigenvalue weighted by Gasteiger charge is -2.55. The van der Waals surface area contributed by atoms with E-state index in [1.807, 2.05) is 0 Å². The molecule has 1 N–H and O–H groups in total. The Morgan fingerprint density at radius 1 is 1.05 bits per heavy atom. The van der Waals surface area contributed by atoms with Crippen molar-refractivity contribution >= 4 is 28.9 Å². The van der Waals surface area contributed by atoms with Crippen molar-refractivity contribution in [2.75, 3.05) is 16.8 Å². The standard InChI is InChI=1S/C30H37N3O4/c1-19(2)20-6-9-23-21(16-20)7-11-26-29(3,14-5-15-30(23,26)4)18-31-24-10-8-22(17-25(24)33(36)37)32-27(34)12-13-28(32)35/h6,8-10,16-17,19,26,31H,5,7,11-15,18H2,1-4H3/t26-,29+,30-/m1/s1. The normalized spacial score (nSPS) is 27.3. The Morgan fingerprint density at radius 3 is 2.46 bits per heavy atom. The summed E-state index contributed by atoms with van der Waals surface area (Å²) in [5.41, 5.74) is 5.02. The van der Waals surface area contributed by atoms with E-state index in [1.54, 1.807) is 12.1 Å². The van der Waals surface area contributed by atoms with Crippen LogP contribution in [0.4, 0.5) is 17.1 Å². The number of aryl methyl sites for hydroxylation is 1. The highest BCUT2D eigenvalue weighted by Gasteiger charge is 2.51. The number of carbonyl (C=O) groups excluding carboxylic acids is 2. The molecule has 7 nitrogen and oxygen atoms in total. The van der Waals surface area contributed by atoms with E-state index < -0.39 is 4.92 Å². The van der Waals surface area contributed by atoms with Crippen LogP contribution in [-0.4, -0.2) is 23.3 Å². The number of nitro groups is 1. The van der Waals surface area contributed by atoms with Gasteiger partial charge in [-0.05, 0) is 77.2 Å². The molecule has 7 heteroatoms. The molecule has 3 atom stereocenters. The lowest BCUT2D eigenvalue weighted by Crippen LogP contribution is -2.51. The molecule has 37 heavy (non-hydrogen) atoms. The summed E-state index contributed by atoms with van der Waals surface area (Å²) in [6.07, 6.45) is 5.83. The second kappa shape index (κ2) is 9.26. The van der Waals surface area contributed by atoms with Crippen LogP contribution in [-0.2, 0) is 21.4 Å². The summed E-state index contributed by atoms with van der Waals surface area (Å²) < 4.78 is 0. The minimum Gasteiger partial charge on any atom is -0.379 e. The molecule has 2 fully saturated rings. The van der Waals surface area contributed by atoms with E-state index in [1.165, 1.54) is 22.8 Å². The van der Waals surface area contributed by atoms with Crippen molar-refractivity contribution in [3.05, 3.63) is 63.2 Å². The largest absolute Gasteiger partial charge is 0.379 e. The molecule has 2 aromatic carbocycles. The Hall–Kier alpha value is -3.22. The predicted octanol–water partition coefficient (Wildman–Crippen LogP) is 6.49. The van der Waals surface area contributed by atoms with E-state index in [-0.39, 0.29) is 46.9 Å². The van der Waals surface area contributed by atoms with Gasteiger partial charge in [-0.15, -0.1) is 0 Å². The molecule has 2 aromatic rings. The number of nitrogens with one attached hydrogen (secondary N) is 1. The monoisotopic (exact) mass is 503 g/mol. The number of benzene rings is 2. The number of hydrogen-bond acceptors (Lipinski definition) is 5. The fraction of sp³-hybridized carbons (Fsp3) is 0.533. The van der Waals surface area contributed by atoms with E-state index in [4.69, 9.17) is 0 Å². The number of nitro benzene ring substituents is 1. The molecule has 1 saturated heterocycles. The molecule has 5 rings (SSSR count). The van der Waals surface area contributed by atoms with E-state index in [2.05, 4.69) is 51.2 Å². The van der Waals surface area contributed by atoms with Gasteiger partial charge in [-0.3, -0.25) is 24.6 Å². The maximum absolute atomic E-state index is 12.1. The average Bonchev–Trinajstić information content (AvgIpc) is 3.20. The van der Waals surface area contributed by atoms with Gasteiger partial charge in [-0.25, -0.2) is 0 Å². The highest BCUT2D eigenvalue weighted by molar-refractivity contribution is 6.20. The summed E-state index contributed by atoms with van der Waals surface area (Å²) in [6, 6.07) is 11.7. The summed E-state index contributed by atoms with van der Waals surface area (Å²) in [4.78, 5) is 36.9. The van der Waals surface area contributed by atoms with Gasteiger partial charge in [0, 0.05) is 25.5 Å². The Morgan fingerprint density at radius 2 is 1.78 bits per heavy atom. The number of fused-ring (bicyclic) bond motifs is 3.